The first-order valence-electron chi connectivity index (χ1n) is 4.85. The Balaban J connectivity index is 2.25. The van der Waals surface area contributed by atoms with Crippen LogP contribution in [0.1, 0.15) is 17.5 Å². The van der Waals surface area contributed by atoms with Gasteiger partial charge in [-0.3, -0.25) is 9.89 Å². The van der Waals surface area contributed by atoms with Crippen molar-refractivity contribution in [2.45, 2.75) is 18.3 Å². The second kappa shape index (κ2) is 4.24. The van der Waals surface area contributed by atoms with Crippen LogP contribution < -0.4 is 5.73 Å². The molecule has 1 aliphatic heterocycles. The number of nitrogens with two attached hydrogens (primary N) is 1. The predicted molar refractivity (Wildman–Crippen MR) is 60.3 cm³/mol. The number of carboxylic acid groups (broad SMARTS) is 1. The molecule has 2 unspecified atom stereocenters. The predicted octanol–water partition coefficient (Wildman–Crippen LogP) is -0.625. The summed E-state index contributed by atoms with van der Waals surface area (Å²) in [6.07, 6.45) is 0. The Labute approximate surface area is 101 Å². The number of rotatable bonds is 2. The summed E-state index contributed by atoms with van der Waals surface area (Å²) in [5.41, 5.74) is 5.30. The van der Waals surface area contributed by atoms with Gasteiger partial charge in [-0.15, -0.1) is 16.9 Å². The van der Waals surface area contributed by atoms with E-state index in [1.165, 1.54) is 16.7 Å². The number of hydrogen-bond acceptors (Lipinski definition) is 6. The van der Waals surface area contributed by atoms with Gasteiger partial charge < -0.3 is 15.7 Å². The molecule has 17 heavy (non-hydrogen) atoms. The van der Waals surface area contributed by atoms with Crippen LogP contribution in [0.4, 0.5) is 5.95 Å². The standard InChI is InChI=1S/C8H11N5O3S/c1-3-13(4(2-17-3)7(15)16)6(14)5-10-8(9)12-11-5/h3-4H,2H2,1H3,(H,15,16)(H3,9,10,11,12). The van der Waals surface area contributed by atoms with Crippen LogP contribution in [-0.2, 0) is 4.79 Å². The molecule has 2 heterocycles. The highest BCUT2D eigenvalue weighted by Crippen LogP contribution is 2.29. The fourth-order valence-electron chi connectivity index (χ4n) is 1.63. The lowest BCUT2D eigenvalue weighted by atomic mass is 10.2. The van der Waals surface area contributed by atoms with Crippen LogP contribution in [0.3, 0.4) is 0 Å². The number of aromatic amines is 1. The van der Waals surface area contributed by atoms with Crippen LogP contribution in [0.2, 0.25) is 0 Å². The van der Waals surface area contributed by atoms with E-state index in [9.17, 15) is 9.59 Å². The Hall–Kier alpha value is -1.77. The van der Waals surface area contributed by atoms with Crippen LogP contribution in [0, 0.1) is 0 Å². The highest BCUT2D eigenvalue weighted by molar-refractivity contribution is 8.00. The van der Waals surface area contributed by atoms with E-state index < -0.39 is 17.9 Å². The second-order valence-corrected chi connectivity index (χ2v) is 4.89. The molecule has 1 fully saturated rings. The first kappa shape index (κ1) is 11.7. The smallest absolute Gasteiger partial charge is 0.327 e. The van der Waals surface area contributed by atoms with Gasteiger partial charge in [-0.25, -0.2) is 4.79 Å². The molecule has 1 saturated heterocycles. The van der Waals surface area contributed by atoms with Gasteiger partial charge in [-0.05, 0) is 6.92 Å². The normalized spacial score (nSPS) is 23.9. The number of nitrogen functional groups attached to an aromatic ring is 1. The van der Waals surface area contributed by atoms with E-state index >= 15 is 0 Å². The third-order valence-electron chi connectivity index (χ3n) is 2.45. The number of amides is 1. The van der Waals surface area contributed by atoms with Crippen molar-refractivity contribution < 1.29 is 14.7 Å². The Morgan fingerprint density at radius 3 is 2.88 bits per heavy atom. The van der Waals surface area contributed by atoms with Crippen molar-refractivity contribution in [1.82, 2.24) is 20.1 Å². The third kappa shape index (κ3) is 2.05. The summed E-state index contributed by atoms with van der Waals surface area (Å²) in [4.78, 5) is 28.0. The van der Waals surface area contributed by atoms with Gasteiger partial charge in [0, 0.05) is 5.75 Å². The van der Waals surface area contributed by atoms with Gasteiger partial charge in [0.15, 0.2) is 0 Å². The van der Waals surface area contributed by atoms with Crippen LogP contribution in [0.5, 0.6) is 0 Å². The number of aliphatic carboxylic acids is 1. The highest BCUT2D eigenvalue weighted by atomic mass is 32.2. The summed E-state index contributed by atoms with van der Waals surface area (Å²) in [7, 11) is 0. The number of carboxylic acids is 1. The summed E-state index contributed by atoms with van der Waals surface area (Å²) < 4.78 is 0. The number of nitrogens with one attached hydrogen (secondary N) is 1. The SMILES string of the molecule is CC1SCC(C(=O)O)N1C(=O)c1nc(N)n[nH]1. The van der Waals surface area contributed by atoms with Gasteiger partial charge >= 0.3 is 5.97 Å². The molecule has 1 aromatic heterocycles. The topological polar surface area (TPSA) is 125 Å². The maximum atomic E-state index is 12.0. The van der Waals surface area contributed by atoms with Crippen LogP contribution in [0.15, 0.2) is 0 Å². The maximum Gasteiger partial charge on any atom is 0.327 e. The zero-order valence-electron chi connectivity index (χ0n) is 8.95. The molecule has 0 aromatic carbocycles. The fourth-order valence-corrected chi connectivity index (χ4v) is 2.80. The summed E-state index contributed by atoms with van der Waals surface area (Å²) in [6, 6.07) is -0.839. The largest absolute Gasteiger partial charge is 0.480 e. The van der Waals surface area contributed by atoms with Crippen molar-refractivity contribution in [3.63, 3.8) is 0 Å². The number of carbonyl (C=O) groups excluding carboxylic acids is 1. The van der Waals surface area contributed by atoms with E-state index in [2.05, 4.69) is 15.2 Å². The van der Waals surface area contributed by atoms with Gasteiger partial charge in [0.2, 0.25) is 11.8 Å². The number of carbonyl (C=O) groups is 2. The van der Waals surface area contributed by atoms with Crippen molar-refractivity contribution in [3.05, 3.63) is 5.82 Å². The molecule has 0 radical (unpaired) electrons. The molecule has 92 valence electrons. The molecular formula is C8H11N5O3S. The number of thioether (sulfide) groups is 1. The summed E-state index contributed by atoms with van der Waals surface area (Å²) in [5, 5.41) is 14.7. The molecule has 1 amide bonds. The Morgan fingerprint density at radius 2 is 2.35 bits per heavy atom. The molecule has 0 spiro atoms. The quantitative estimate of drug-likeness (QED) is 0.644. The van der Waals surface area contributed by atoms with E-state index in [0.29, 0.717) is 5.75 Å². The number of nitrogens with zero attached hydrogens (tertiary/aromatic N) is 3. The molecule has 1 aliphatic rings. The molecular weight excluding hydrogens is 246 g/mol. The fraction of sp³-hybridized carbons (Fsp3) is 0.500. The third-order valence-corrected chi connectivity index (χ3v) is 3.67. The minimum absolute atomic E-state index is 0.0388. The monoisotopic (exact) mass is 257 g/mol. The molecule has 0 aliphatic carbocycles. The number of hydrogen-bond donors (Lipinski definition) is 3. The molecule has 9 heteroatoms. The van der Waals surface area contributed by atoms with Gasteiger partial charge in [-0.2, -0.15) is 4.98 Å². The van der Waals surface area contributed by atoms with Crippen molar-refractivity contribution in [1.29, 1.82) is 0 Å². The van der Waals surface area contributed by atoms with E-state index in [1.807, 2.05) is 0 Å². The lowest BCUT2D eigenvalue weighted by Crippen LogP contribution is -2.45. The van der Waals surface area contributed by atoms with E-state index in [0.717, 1.165) is 0 Å². The van der Waals surface area contributed by atoms with Crippen LogP contribution in [0.25, 0.3) is 0 Å². The summed E-state index contributed by atoms with van der Waals surface area (Å²) in [6.45, 7) is 1.77. The van der Waals surface area contributed by atoms with Gasteiger partial charge in [0.05, 0.1) is 5.37 Å². The maximum absolute atomic E-state index is 12.0. The van der Waals surface area contributed by atoms with E-state index in [1.54, 1.807) is 6.92 Å². The number of anilines is 1. The van der Waals surface area contributed by atoms with Crippen LogP contribution in [-0.4, -0.2) is 54.2 Å². The average molecular weight is 257 g/mol. The molecule has 8 nitrogen and oxygen atoms in total. The second-order valence-electron chi connectivity index (χ2n) is 3.54. The zero-order valence-corrected chi connectivity index (χ0v) is 9.77. The first-order valence-corrected chi connectivity index (χ1v) is 5.90. The zero-order chi connectivity index (χ0) is 12.6. The van der Waals surface area contributed by atoms with Crippen molar-refractivity contribution in [2.24, 2.45) is 0 Å². The molecule has 2 atom stereocenters. The molecule has 1 aromatic rings. The molecule has 0 bridgehead atoms. The van der Waals surface area contributed by atoms with E-state index in [4.69, 9.17) is 10.8 Å². The van der Waals surface area contributed by atoms with Crippen molar-refractivity contribution in [2.75, 3.05) is 11.5 Å². The molecule has 2 rings (SSSR count). The van der Waals surface area contributed by atoms with Gasteiger partial charge in [0.25, 0.3) is 5.91 Å². The van der Waals surface area contributed by atoms with Gasteiger partial charge in [-0.1, -0.05) is 0 Å². The first-order chi connectivity index (χ1) is 8.00. The Bertz CT molecular complexity index is 462. The Kier molecular flexibility index (Phi) is 2.92. The highest BCUT2D eigenvalue weighted by Gasteiger charge is 2.40. The molecule has 0 saturated carbocycles. The van der Waals surface area contributed by atoms with Gasteiger partial charge in [0.1, 0.15) is 6.04 Å². The minimum atomic E-state index is -1.03. The lowest BCUT2D eigenvalue weighted by molar-refractivity contribution is -0.141. The summed E-state index contributed by atoms with van der Waals surface area (Å²) in [5.74, 6) is -1.24. The van der Waals surface area contributed by atoms with Crippen molar-refractivity contribution >= 4 is 29.6 Å². The minimum Gasteiger partial charge on any atom is -0.480 e. The van der Waals surface area contributed by atoms with E-state index in [-0.39, 0.29) is 17.1 Å². The summed E-state index contributed by atoms with van der Waals surface area (Å²) >= 11 is 1.40. The molecule has 4 N–H and O–H groups in total. The average Bonchev–Trinajstić information content (AvgIpc) is 2.83. The Morgan fingerprint density at radius 1 is 1.65 bits per heavy atom. The number of aromatic nitrogens is 3. The van der Waals surface area contributed by atoms with Crippen LogP contribution >= 0.6 is 11.8 Å². The lowest BCUT2D eigenvalue weighted by Gasteiger charge is -2.23. The van der Waals surface area contributed by atoms with Crippen molar-refractivity contribution in [3.8, 4) is 0 Å². The number of H-pyrrole nitrogens is 1.